The van der Waals surface area contributed by atoms with E-state index in [4.69, 9.17) is 4.74 Å². The average molecular weight is 424 g/mol. The molecule has 1 aliphatic rings. The van der Waals surface area contributed by atoms with Gasteiger partial charge in [-0.05, 0) is 53.2 Å². The SMILES string of the molecule is COc1ccc(C(=O)CN2C(=O)N[C@](C)(c3cccc(-n4cnnn4)c3)C2=O)cc1F. The number of tetrazole rings is 1. The van der Waals surface area contributed by atoms with E-state index in [0.717, 1.165) is 11.0 Å². The van der Waals surface area contributed by atoms with Crippen LogP contribution in [-0.2, 0) is 10.3 Å². The van der Waals surface area contributed by atoms with Gasteiger partial charge in [0.05, 0.1) is 19.3 Å². The molecule has 3 aromatic rings. The molecule has 158 valence electrons. The molecule has 0 aliphatic carbocycles. The monoisotopic (exact) mass is 424 g/mol. The summed E-state index contributed by atoms with van der Waals surface area (Å²) in [5.74, 6) is -1.91. The maximum absolute atomic E-state index is 13.9. The van der Waals surface area contributed by atoms with Gasteiger partial charge in [-0.25, -0.2) is 13.9 Å². The van der Waals surface area contributed by atoms with Crippen LogP contribution in [-0.4, -0.2) is 56.5 Å². The van der Waals surface area contributed by atoms with Gasteiger partial charge >= 0.3 is 6.03 Å². The Bertz CT molecular complexity index is 1180. The van der Waals surface area contributed by atoms with Gasteiger partial charge in [0.2, 0.25) is 0 Å². The molecule has 3 amide bonds. The lowest BCUT2D eigenvalue weighted by Crippen LogP contribution is -2.41. The molecular weight excluding hydrogens is 407 g/mol. The minimum absolute atomic E-state index is 0.0124. The molecule has 11 heteroatoms. The summed E-state index contributed by atoms with van der Waals surface area (Å²) in [5, 5.41) is 13.6. The van der Waals surface area contributed by atoms with E-state index in [1.54, 1.807) is 31.2 Å². The normalized spacial score (nSPS) is 18.2. The van der Waals surface area contributed by atoms with E-state index in [1.807, 2.05) is 0 Å². The Labute approximate surface area is 175 Å². The van der Waals surface area contributed by atoms with E-state index in [9.17, 15) is 18.8 Å². The van der Waals surface area contributed by atoms with Crippen LogP contribution in [0.1, 0.15) is 22.8 Å². The highest BCUT2D eigenvalue weighted by Gasteiger charge is 2.49. The molecule has 1 N–H and O–H groups in total. The number of imide groups is 1. The van der Waals surface area contributed by atoms with Crippen LogP contribution < -0.4 is 10.1 Å². The molecule has 31 heavy (non-hydrogen) atoms. The molecule has 2 aromatic carbocycles. The molecule has 2 heterocycles. The minimum atomic E-state index is -1.40. The van der Waals surface area contributed by atoms with Gasteiger partial charge in [0.25, 0.3) is 5.91 Å². The maximum Gasteiger partial charge on any atom is 0.325 e. The summed E-state index contributed by atoms with van der Waals surface area (Å²) < 4.78 is 20.2. The number of carbonyl (C=O) groups is 3. The Kier molecular flexibility index (Phi) is 4.93. The number of carbonyl (C=O) groups excluding carboxylic acids is 3. The van der Waals surface area contributed by atoms with Gasteiger partial charge < -0.3 is 10.1 Å². The first kappa shape index (κ1) is 20.1. The van der Waals surface area contributed by atoms with Crippen LogP contribution in [0.4, 0.5) is 9.18 Å². The second-order valence-corrected chi connectivity index (χ2v) is 7.02. The molecule has 0 unspecified atom stereocenters. The predicted molar refractivity (Wildman–Crippen MR) is 104 cm³/mol. The first-order valence-corrected chi connectivity index (χ1v) is 9.18. The van der Waals surface area contributed by atoms with Gasteiger partial charge in [-0.3, -0.25) is 14.5 Å². The third kappa shape index (κ3) is 3.50. The third-order valence-electron chi connectivity index (χ3n) is 5.09. The van der Waals surface area contributed by atoms with E-state index < -0.39 is 35.6 Å². The summed E-state index contributed by atoms with van der Waals surface area (Å²) in [6.45, 7) is 1.02. The van der Waals surface area contributed by atoms with Crippen LogP contribution in [0.3, 0.4) is 0 Å². The predicted octanol–water partition coefficient (Wildman–Crippen LogP) is 1.46. The molecule has 1 fully saturated rings. The maximum atomic E-state index is 13.9. The van der Waals surface area contributed by atoms with Crippen LogP contribution in [0.25, 0.3) is 5.69 Å². The average Bonchev–Trinajstić information content (AvgIpc) is 3.38. The van der Waals surface area contributed by atoms with Gasteiger partial charge in [0.15, 0.2) is 17.3 Å². The molecule has 1 aliphatic heterocycles. The fourth-order valence-corrected chi connectivity index (χ4v) is 3.35. The zero-order valence-electron chi connectivity index (χ0n) is 16.6. The highest BCUT2D eigenvalue weighted by molar-refractivity contribution is 6.11. The van der Waals surface area contributed by atoms with E-state index >= 15 is 0 Å². The van der Waals surface area contributed by atoms with Crippen molar-refractivity contribution in [1.29, 1.82) is 0 Å². The Morgan fingerprint density at radius 1 is 1.23 bits per heavy atom. The number of ketones is 1. The van der Waals surface area contributed by atoms with Crippen molar-refractivity contribution in [2.45, 2.75) is 12.5 Å². The fourth-order valence-electron chi connectivity index (χ4n) is 3.35. The lowest BCUT2D eigenvalue weighted by Gasteiger charge is -2.22. The van der Waals surface area contributed by atoms with E-state index in [0.29, 0.717) is 11.3 Å². The highest BCUT2D eigenvalue weighted by Crippen LogP contribution is 2.30. The Balaban J connectivity index is 1.58. The van der Waals surface area contributed by atoms with Crippen molar-refractivity contribution >= 4 is 17.7 Å². The number of urea groups is 1. The van der Waals surface area contributed by atoms with Crippen molar-refractivity contribution in [3.8, 4) is 11.4 Å². The molecule has 1 atom stereocenters. The van der Waals surface area contributed by atoms with Crippen molar-refractivity contribution in [3.63, 3.8) is 0 Å². The van der Waals surface area contributed by atoms with Gasteiger partial charge in [0, 0.05) is 5.56 Å². The quantitative estimate of drug-likeness (QED) is 0.470. The summed E-state index contributed by atoms with van der Waals surface area (Å²) in [6.07, 6.45) is 1.40. The topological polar surface area (TPSA) is 119 Å². The number of amides is 3. The minimum Gasteiger partial charge on any atom is -0.494 e. The zero-order valence-corrected chi connectivity index (χ0v) is 16.6. The third-order valence-corrected chi connectivity index (χ3v) is 5.09. The van der Waals surface area contributed by atoms with Crippen molar-refractivity contribution in [2.75, 3.05) is 13.7 Å². The first-order chi connectivity index (χ1) is 14.8. The van der Waals surface area contributed by atoms with Crippen molar-refractivity contribution < 1.29 is 23.5 Å². The summed E-state index contributed by atoms with van der Waals surface area (Å²) >= 11 is 0. The van der Waals surface area contributed by atoms with Crippen molar-refractivity contribution in [1.82, 2.24) is 30.4 Å². The largest absolute Gasteiger partial charge is 0.494 e. The van der Waals surface area contributed by atoms with Gasteiger partial charge in [-0.2, -0.15) is 0 Å². The van der Waals surface area contributed by atoms with E-state index in [1.165, 1.54) is 30.3 Å². The number of aromatic nitrogens is 4. The molecular formula is C20H17FN6O4. The summed E-state index contributed by atoms with van der Waals surface area (Å²) in [4.78, 5) is 39.1. The second-order valence-electron chi connectivity index (χ2n) is 7.02. The van der Waals surface area contributed by atoms with Crippen molar-refractivity contribution in [2.24, 2.45) is 0 Å². The van der Waals surface area contributed by atoms with E-state index in [-0.39, 0.29) is 11.3 Å². The van der Waals surface area contributed by atoms with Gasteiger partial charge in [-0.1, -0.05) is 12.1 Å². The molecule has 1 aromatic heterocycles. The summed E-state index contributed by atoms with van der Waals surface area (Å²) in [7, 11) is 1.31. The van der Waals surface area contributed by atoms with Crippen LogP contribution >= 0.6 is 0 Å². The number of hydrogen-bond donors (Lipinski definition) is 1. The lowest BCUT2D eigenvalue weighted by molar-refractivity contribution is -0.130. The van der Waals surface area contributed by atoms with Gasteiger partial charge in [-0.15, -0.1) is 5.10 Å². The number of nitrogens with zero attached hydrogens (tertiary/aromatic N) is 5. The Morgan fingerprint density at radius 3 is 2.71 bits per heavy atom. The molecule has 0 spiro atoms. The smallest absolute Gasteiger partial charge is 0.325 e. The van der Waals surface area contributed by atoms with Crippen LogP contribution in [0.2, 0.25) is 0 Å². The zero-order chi connectivity index (χ0) is 22.2. The van der Waals surface area contributed by atoms with Crippen LogP contribution in [0.15, 0.2) is 48.8 Å². The van der Waals surface area contributed by atoms with Gasteiger partial charge in [0.1, 0.15) is 11.9 Å². The van der Waals surface area contributed by atoms with Crippen molar-refractivity contribution in [3.05, 3.63) is 65.7 Å². The molecule has 0 saturated carbocycles. The number of nitrogens with one attached hydrogen (secondary N) is 1. The molecule has 1 saturated heterocycles. The molecule has 10 nitrogen and oxygen atoms in total. The summed E-state index contributed by atoms with van der Waals surface area (Å²) in [5.41, 5.74) is -0.293. The summed E-state index contributed by atoms with van der Waals surface area (Å²) in [6, 6.07) is 9.75. The highest BCUT2D eigenvalue weighted by atomic mass is 19.1. The number of ether oxygens (including phenoxy) is 1. The number of rotatable bonds is 6. The number of halogens is 1. The standard InChI is InChI=1S/C20H17FN6O4/c1-20(13-4-3-5-14(9-13)27-11-22-24-25-27)18(29)26(19(30)23-20)10-16(28)12-6-7-17(31-2)15(21)8-12/h3-9,11H,10H2,1-2H3,(H,23,30)/t20-/m1/s1. The molecule has 0 radical (unpaired) electrons. The number of Topliss-reactive ketones (excluding diaryl/α,β-unsaturated/α-hetero) is 1. The molecule has 0 bridgehead atoms. The Hall–Kier alpha value is -4.15. The first-order valence-electron chi connectivity index (χ1n) is 9.18. The number of hydrogen-bond acceptors (Lipinski definition) is 7. The van der Waals surface area contributed by atoms with Crippen LogP contribution in [0, 0.1) is 5.82 Å². The second kappa shape index (κ2) is 7.59. The number of benzene rings is 2. The van der Waals surface area contributed by atoms with E-state index in [2.05, 4.69) is 20.8 Å². The fraction of sp³-hybridized carbons (Fsp3) is 0.200. The Morgan fingerprint density at radius 2 is 2.03 bits per heavy atom. The molecule has 4 rings (SSSR count). The number of methoxy groups -OCH3 is 1. The lowest BCUT2D eigenvalue weighted by atomic mass is 9.91. The van der Waals surface area contributed by atoms with Crippen LogP contribution in [0.5, 0.6) is 5.75 Å².